The summed E-state index contributed by atoms with van der Waals surface area (Å²) in [6, 6.07) is 23.0. The van der Waals surface area contributed by atoms with Crippen LogP contribution in [0.2, 0.25) is 0 Å². The zero-order valence-electron chi connectivity index (χ0n) is 15.7. The summed E-state index contributed by atoms with van der Waals surface area (Å²) in [6.45, 7) is 2.76. The van der Waals surface area contributed by atoms with Gasteiger partial charge >= 0.3 is 0 Å². The highest BCUT2D eigenvalue weighted by molar-refractivity contribution is 5.52. The molecule has 1 unspecified atom stereocenters. The standard InChI is InChI=1S/C24H23NO3/c1-2-4-17(5-3-1)16-28-20-8-6-18(7-9-20)24-21-15-23-22(26-12-13-27-23)14-19(21)10-11-25-24/h1-9,14-15,24-25H,10-13,16H2. The molecular formula is C24H23NO3. The molecule has 1 atom stereocenters. The van der Waals surface area contributed by atoms with Crippen molar-refractivity contribution in [2.75, 3.05) is 19.8 Å². The van der Waals surface area contributed by atoms with Gasteiger partial charge in [-0.15, -0.1) is 0 Å². The molecule has 0 aromatic heterocycles. The lowest BCUT2D eigenvalue weighted by Crippen LogP contribution is -2.31. The summed E-state index contributed by atoms with van der Waals surface area (Å²) in [5.41, 5.74) is 5.00. The van der Waals surface area contributed by atoms with Crippen molar-refractivity contribution in [3.05, 3.63) is 89.0 Å². The number of hydrogen-bond acceptors (Lipinski definition) is 4. The van der Waals surface area contributed by atoms with Crippen LogP contribution in [0.15, 0.2) is 66.7 Å². The van der Waals surface area contributed by atoms with Crippen LogP contribution in [-0.4, -0.2) is 19.8 Å². The van der Waals surface area contributed by atoms with Gasteiger partial charge in [0.15, 0.2) is 11.5 Å². The van der Waals surface area contributed by atoms with E-state index in [2.05, 4.69) is 41.7 Å². The molecule has 0 radical (unpaired) electrons. The van der Waals surface area contributed by atoms with Crippen LogP contribution in [-0.2, 0) is 13.0 Å². The van der Waals surface area contributed by atoms with Gasteiger partial charge < -0.3 is 19.5 Å². The summed E-state index contributed by atoms with van der Waals surface area (Å²) in [7, 11) is 0. The van der Waals surface area contributed by atoms with Crippen LogP contribution < -0.4 is 19.5 Å². The maximum absolute atomic E-state index is 5.92. The van der Waals surface area contributed by atoms with Crippen LogP contribution in [0, 0.1) is 0 Å². The van der Waals surface area contributed by atoms with Crippen molar-refractivity contribution in [3.63, 3.8) is 0 Å². The molecular weight excluding hydrogens is 350 g/mol. The van der Waals surface area contributed by atoms with Crippen molar-refractivity contribution in [1.82, 2.24) is 5.32 Å². The highest BCUT2D eigenvalue weighted by Crippen LogP contribution is 2.39. The fraction of sp³-hybridized carbons (Fsp3) is 0.250. The maximum atomic E-state index is 5.92. The third-order valence-corrected chi connectivity index (χ3v) is 5.32. The fourth-order valence-corrected chi connectivity index (χ4v) is 3.89. The first-order valence-corrected chi connectivity index (χ1v) is 9.79. The quantitative estimate of drug-likeness (QED) is 0.741. The van der Waals surface area contributed by atoms with Gasteiger partial charge in [0.25, 0.3) is 0 Å². The zero-order chi connectivity index (χ0) is 18.8. The van der Waals surface area contributed by atoms with Crippen LogP contribution in [0.4, 0.5) is 0 Å². The first kappa shape index (κ1) is 17.1. The van der Waals surface area contributed by atoms with Gasteiger partial charge in [-0.1, -0.05) is 42.5 Å². The second-order valence-corrected chi connectivity index (χ2v) is 7.18. The summed E-state index contributed by atoms with van der Waals surface area (Å²) in [6.07, 6.45) is 1.00. The number of benzene rings is 3. The smallest absolute Gasteiger partial charge is 0.161 e. The Morgan fingerprint density at radius 2 is 1.64 bits per heavy atom. The summed E-state index contributed by atoms with van der Waals surface area (Å²) >= 11 is 0. The van der Waals surface area contributed by atoms with Gasteiger partial charge in [-0.3, -0.25) is 0 Å². The van der Waals surface area contributed by atoms with E-state index in [1.54, 1.807) is 0 Å². The Balaban J connectivity index is 1.35. The number of nitrogens with one attached hydrogen (secondary N) is 1. The Bertz CT molecular complexity index is 954. The summed E-state index contributed by atoms with van der Waals surface area (Å²) in [5, 5.41) is 3.64. The second-order valence-electron chi connectivity index (χ2n) is 7.18. The monoisotopic (exact) mass is 373 g/mol. The van der Waals surface area contributed by atoms with E-state index >= 15 is 0 Å². The van der Waals surface area contributed by atoms with E-state index in [9.17, 15) is 0 Å². The Kier molecular flexibility index (Phi) is 4.63. The zero-order valence-corrected chi connectivity index (χ0v) is 15.7. The van der Waals surface area contributed by atoms with Gasteiger partial charge in [-0.2, -0.15) is 0 Å². The molecule has 4 heteroatoms. The molecule has 4 nitrogen and oxygen atoms in total. The van der Waals surface area contributed by atoms with Gasteiger partial charge in [0.2, 0.25) is 0 Å². The summed E-state index contributed by atoms with van der Waals surface area (Å²) in [5.74, 6) is 2.60. The van der Waals surface area contributed by atoms with Crippen molar-refractivity contribution in [3.8, 4) is 17.2 Å². The highest BCUT2D eigenvalue weighted by Gasteiger charge is 2.25. The van der Waals surface area contributed by atoms with E-state index < -0.39 is 0 Å². The molecule has 2 aliphatic rings. The molecule has 0 saturated carbocycles. The molecule has 28 heavy (non-hydrogen) atoms. The first-order chi connectivity index (χ1) is 13.9. The molecule has 2 aliphatic heterocycles. The molecule has 0 fully saturated rings. The van der Waals surface area contributed by atoms with E-state index in [0.29, 0.717) is 19.8 Å². The number of fused-ring (bicyclic) bond motifs is 2. The van der Waals surface area contributed by atoms with E-state index in [4.69, 9.17) is 14.2 Å². The minimum Gasteiger partial charge on any atom is -0.489 e. The van der Waals surface area contributed by atoms with E-state index in [0.717, 1.165) is 30.2 Å². The molecule has 0 saturated heterocycles. The average Bonchev–Trinajstić information content (AvgIpc) is 2.77. The third kappa shape index (κ3) is 3.43. The van der Waals surface area contributed by atoms with E-state index in [1.807, 2.05) is 30.3 Å². The first-order valence-electron chi connectivity index (χ1n) is 9.79. The summed E-state index contributed by atoms with van der Waals surface area (Å²) in [4.78, 5) is 0. The van der Waals surface area contributed by atoms with Gasteiger partial charge in [-0.05, 0) is 52.9 Å². The molecule has 3 aromatic rings. The largest absolute Gasteiger partial charge is 0.489 e. The molecule has 5 rings (SSSR count). The van der Waals surface area contributed by atoms with Gasteiger partial charge in [0.1, 0.15) is 25.6 Å². The molecule has 0 spiro atoms. The van der Waals surface area contributed by atoms with Crippen LogP contribution in [0.25, 0.3) is 0 Å². The maximum Gasteiger partial charge on any atom is 0.161 e. The Labute approximate surface area is 165 Å². The van der Waals surface area contributed by atoms with Crippen LogP contribution in [0.5, 0.6) is 17.2 Å². The predicted octanol–water partition coefficient (Wildman–Crippen LogP) is 4.27. The lowest BCUT2D eigenvalue weighted by atomic mass is 9.89. The Morgan fingerprint density at radius 3 is 2.43 bits per heavy atom. The molecule has 0 aliphatic carbocycles. The van der Waals surface area contributed by atoms with Gasteiger partial charge in [-0.25, -0.2) is 0 Å². The highest BCUT2D eigenvalue weighted by atomic mass is 16.6. The van der Waals surface area contributed by atoms with Crippen LogP contribution in [0.1, 0.15) is 28.3 Å². The van der Waals surface area contributed by atoms with E-state index in [1.165, 1.54) is 22.3 Å². The normalized spacial score (nSPS) is 17.6. The minimum atomic E-state index is 0.155. The molecule has 2 heterocycles. The van der Waals surface area contributed by atoms with Gasteiger partial charge in [0, 0.05) is 6.54 Å². The molecule has 3 aromatic carbocycles. The summed E-state index contributed by atoms with van der Waals surface area (Å²) < 4.78 is 17.5. The second kappa shape index (κ2) is 7.56. The van der Waals surface area contributed by atoms with Crippen molar-refractivity contribution in [1.29, 1.82) is 0 Å². The molecule has 0 amide bonds. The topological polar surface area (TPSA) is 39.7 Å². The Morgan fingerprint density at radius 1 is 0.893 bits per heavy atom. The SMILES string of the molecule is c1ccc(COc2ccc(C3NCCc4cc5c(cc43)OCCO5)cc2)cc1. The van der Waals surface area contributed by atoms with Crippen molar-refractivity contribution in [2.45, 2.75) is 19.1 Å². The number of ether oxygens (including phenoxy) is 3. The van der Waals surface area contributed by atoms with E-state index in [-0.39, 0.29) is 6.04 Å². The molecule has 0 bridgehead atoms. The third-order valence-electron chi connectivity index (χ3n) is 5.32. The average molecular weight is 373 g/mol. The van der Waals surface area contributed by atoms with Crippen molar-refractivity contribution in [2.24, 2.45) is 0 Å². The predicted molar refractivity (Wildman–Crippen MR) is 108 cm³/mol. The Hall–Kier alpha value is -2.98. The minimum absolute atomic E-state index is 0.155. The van der Waals surface area contributed by atoms with Crippen LogP contribution in [0.3, 0.4) is 0 Å². The molecule has 142 valence electrons. The number of hydrogen-bond donors (Lipinski definition) is 1. The fourth-order valence-electron chi connectivity index (χ4n) is 3.89. The lowest BCUT2D eigenvalue weighted by molar-refractivity contribution is 0.171. The molecule has 1 N–H and O–H groups in total. The lowest BCUT2D eigenvalue weighted by Gasteiger charge is -2.30. The van der Waals surface area contributed by atoms with Gasteiger partial charge in [0.05, 0.1) is 6.04 Å². The van der Waals surface area contributed by atoms with Crippen LogP contribution >= 0.6 is 0 Å². The number of rotatable bonds is 4. The van der Waals surface area contributed by atoms with Crippen molar-refractivity contribution >= 4 is 0 Å². The van der Waals surface area contributed by atoms with Crippen molar-refractivity contribution < 1.29 is 14.2 Å².